The van der Waals surface area contributed by atoms with E-state index in [4.69, 9.17) is 4.74 Å². The Hall–Kier alpha value is -3.96. The van der Waals surface area contributed by atoms with Gasteiger partial charge in [0, 0.05) is 17.9 Å². The zero-order valence-electron chi connectivity index (χ0n) is 20.7. The number of hydrogen-bond donors (Lipinski definition) is 3. The molecule has 0 saturated carbocycles. The highest BCUT2D eigenvalue weighted by Gasteiger charge is 2.26. The van der Waals surface area contributed by atoms with Crippen molar-refractivity contribution in [3.05, 3.63) is 71.4 Å². The number of nitriles is 1. The van der Waals surface area contributed by atoms with Crippen molar-refractivity contribution in [2.45, 2.75) is 52.2 Å². The number of alkyl carbamates (subject to hydrolysis) is 1. The smallest absolute Gasteiger partial charge is 0.408 e. The van der Waals surface area contributed by atoms with Crippen LogP contribution >= 0.6 is 0 Å². The molecule has 8 heteroatoms. The zero-order valence-corrected chi connectivity index (χ0v) is 20.7. The van der Waals surface area contributed by atoms with E-state index in [1.165, 1.54) is 6.20 Å². The maximum absolute atomic E-state index is 12.3. The second-order valence-electron chi connectivity index (χ2n) is 9.70. The number of carbonyl (C=O) groups is 1. The van der Waals surface area contributed by atoms with Gasteiger partial charge >= 0.3 is 6.09 Å². The summed E-state index contributed by atoms with van der Waals surface area (Å²) in [6.07, 6.45) is 1.55. The SMILES string of the molecule is CC(C)(C)OC(=O)NC(C)(C)c1ccc(-c2nc(Nc3cccc(CCO)c3)ncc2C#N)cc1. The Kier molecular flexibility index (Phi) is 7.72. The summed E-state index contributed by atoms with van der Waals surface area (Å²) < 4.78 is 5.38. The van der Waals surface area contributed by atoms with Gasteiger partial charge in [-0.2, -0.15) is 5.26 Å². The molecule has 0 fully saturated rings. The van der Waals surface area contributed by atoms with Crippen molar-refractivity contribution < 1.29 is 14.6 Å². The summed E-state index contributed by atoms with van der Waals surface area (Å²) in [6.45, 7) is 9.31. The van der Waals surface area contributed by atoms with Crippen molar-refractivity contribution in [2.75, 3.05) is 11.9 Å². The number of nitrogens with one attached hydrogen (secondary N) is 2. The van der Waals surface area contributed by atoms with Crippen LogP contribution in [0.3, 0.4) is 0 Å². The van der Waals surface area contributed by atoms with Crippen molar-refractivity contribution in [1.29, 1.82) is 5.26 Å². The highest BCUT2D eigenvalue weighted by atomic mass is 16.6. The molecular weight excluding hydrogens is 442 g/mol. The molecule has 0 unspecified atom stereocenters. The fraction of sp³-hybridized carbons (Fsp3) is 0.333. The van der Waals surface area contributed by atoms with E-state index in [0.717, 1.165) is 22.4 Å². The van der Waals surface area contributed by atoms with Gasteiger partial charge in [0.2, 0.25) is 5.95 Å². The third-order valence-electron chi connectivity index (χ3n) is 5.19. The predicted octanol–water partition coefficient (Wildman–Crippen LogP) is 5.05. The van der Waals surface area contributed by atoms with Gasteiger partial charge in [-0.15, -0.1) is 0 Å². The fourth-order valence-corrected chi connectivity index (χ4v) is 3.48. The van der Waals surface area contributed by atoms with Crippen LogP contribution in [0.4, 0.5) is 16.4 Å². The van der Waals surface area contributed by atoms with Gasteiger partial charge in [-0.1, -0.05) is 36.4 Å². The van der Waals surface area contributed by atoms with Crippen molar-refractivity contribution in [3.63, 3.8) is 0 Å². The number of benzene rings is 2. The Balaban J connectivity index is 1.83. The van der Waals surface area contributed by atoms with E-state index >= 15 is 0 Å². The van der Waals surface area contributed by atoms with E-state index in [0.29, 0.717) is 23.6 Å². The number of hydrogen-bond acceptors (Lipinski definition) is 7. The number of amides is 1. The Morgan fingerprint density at radius 3 is 2.46 bits per heavy atom. The molecule has 1 heterocycles. The third-order valence-corrected chi connectivity index (χ3v) is 5.19. The Labute approximate surface area is 206 Å². The number of anilines is 2. The van der Waals surface area contributed by atoms with E-state index in [1.807, 2.05) is 83.1 Å². The molecule has 0 aliphatic rings. The molecule has 0 saturated heterocycles. The van der Waals surface area contributed by atoms with Gasteiger partial charge in [-0.05, 0) is 64.3 Å². The standard InChI is InChI=1S/C27H31N5O3/c1-26(2,3)35-25(34)32-27(4,5)21-11-9-19(10-12-21)23-20(16-28)17-29-24(31-23)30-22-8-6-7-18(15-22)13-14-33/h6-12,15,17,33H,13-14H2,1-5H3,(H,32,34)(H,29,30,31). The van der Waals surface area contributed by atoms with Gasteiger partial charge in [0.05, 0.1) is 23.0 Å². The number of nitrogens with zero attached hydrogens (tertiary/aromatic N) is 3. The average Bonchev–Trinajstić information content (AvgIpc) is 2.78. The summed E-state index contributed by atoms with van der Waals surface area (Å²) in [5.41, 5.74) is 3.00. The first-order valence-corrected chi connectivity index (χ1v) is 11.4. The second-order valence-corrected chi connectivity index (χ2v) is 9.70. The fourth-order valence-electron chi connectivity index (χ4n) is 3.48. The van der Waals surface area contributed by atoms with Gasteiger partial charge in [0.1, 0.15) is 11.7 Å². The topological polar surface area (TPSA) is 120 Å². The Morgan fingerprint density at radius 1 is 1.11 bits per heavy atom. The first kappa shape index (κ1) is 25.7. The first-order chi connectivity index (χ1) is 16.5. The summed E-state index contributed by atoms with van der Waals surface area (Å²) in [6, 6.07) is 17.3. The molecule has 3 aromatic rings. The minimum absolute atomic E-state index is 0.0705. The molecule has 1 aromatic heterocycles. The van der Waals surface area contributed by atoms with E-state index in [9.17, 15) is 15.2 Å². The molecule has 0 aliphatic heterocycles. The maximum Gasteiger partial charge on any atom is 0.408 e. The van der Waals surface area contributed by atoms with Crippen molar-refractivity contribution in [2.24, 2.45) is 0 Å². The monoisotopic (exact) mass is 473 g/mol. The highest BCUT2D eigenvalue weighted by molar-refractivity contribution is 5.70. The lowest BCUT2D eigenvalue weighted by atomic mass is 9.93. The molecule has 3 rings (SSSR count). The van der Waals surface area contributed by atoms with Crippen LogP contribution in [0, 0.1) is 11.3 Å². The summed E-state index contributed by atoms with van der Waals surface area (Å²) in [7, 11) is 0. The number of aliphatic hydroxyl groups excluding tert-OH is 1. The lowest BCUT2D eigenvalue weighted by molar-refractivity contribution is 0.0470. The average molecular weight is 474 g/mol. The van der Waals surface area contributed by atoms with Gasteiger partial charge in [-0.3, -0.25) is 0 Å². The predicted molar refractivity (Wildman–Crippen MR) is 135 cm³/mol. The molecule has 0 aliphatic carbocycles. The molecule has 0 bridgehead atoms. The first-order valence-electron chi connectivity index (χ1n) is 11.4. The van der Waals surface area contributed by atoms with Crippen molar-refractivity contribution in [3.8, 4) is 17.3 Å². The summed E-state index contributed by atoms with van der Waals surface area (Å²) in [5.74, 6) is 0.358. The molecule has 3 N–H and O–H groups in total. The molecular formula is C27H31N5O3. The number of carbonyl (C=O) groups excluding carboxylic acids is 1. The molecule has 1 amide bonds. The minimum atomic E-state index is -0.670. The molecule has 0 spiro atoms. The van der Waals surface area contributed by atoms with Crippen LogP contribution in [0.2, 0.25) is 0 Å². The normalized spacial score (nSPS) is 11.5. The molecule has 182 valence electrons. The van der Waals surface area contributed by atoms with E-state index in [1.54, 1.807) is 0 Å². The van der Waals surface area contributed by atoms with Crippen LogP contribution in [0.5, 0.6) is 0 Å². The summed E-state index contributed by atoms with van der Waals surface area (Å²) >= 11 is 0. The molecule has 35 heavy (non-hydrogen) atoms. The number of aliphatic hydroxyl groups is 1. The number of rotatable bonds is 7. The number of aromatic nitrogens is 2. The van der Waals surface area contributed by atoms with Gasteiger partial charge in [-0.25, -0.2) is 14.8 Å². The van der Waals surface area contributed by atoms with Crippen LogP contribution in [0.25, 0.3) is 11.3 Å². The molecule has 0 radical (unpaired) electrons. The quantitative estimate of drug-likeness (QED) is 0.439. The van der Waals surface area contributed by atoms with Crippen LogP contribution < -0.4 is 10.6 Å². The van der Waals surface area contributed by atoms with Crippen LogP contribution in [-0.2, 0) is 16.7 Å². The number of ether oxygens (including phenoxy) is 1. The van der Waals surface area contributed by atoms with Crippen LogP contribution in [-0.4, -0.2) is 33.4 Å². The van der Waals surface area contributed by atoms with Gasteiger partial charge in [0.15, 0.2) is 0 Å². The maximum atomic E-state index is 12.3. The Bertz CT molecular complexity index is 1220. The largest absolute Gasteiger partial charge is 0.444 e. The third kappa shape index (κ3) is 7.01. The lowest BCUT2D eigenvalue weighted by Crippen LogP contribution is -2.43. The summed E-state index contributed by atoms with van der Waals surface area (Å²) in [4.78, 5) is 21.1. The van der Waals surface area contributed by atoms with Gasteiger partial charge in [0.25, 0.3) is 0 Å². The second kappa shape index (κ2) is 10.5. The van der Waals surface area contributed by atoms with Crippen LogP contribution in [0.1, 0.15) is 51.3 Å². The molecule has 0 atom stereocenters. The van der Waals surface area contributed by atoms with Crippen molar-refractivity contribution >= 4 is 17.7 Å². The van der Waals surface area contributed by atoms with E-state index in [2.05, 4.69) is 26.7 Å². The van der Waals surface area contributed by atoms with Crippen molar-refractivity contribution in [1.82, 2.24) is 15.3 Å². The highest BCUT2D eigenvalue weighted by Crippen LogP contribution is 2.27. The minimum Gasteiger partial charge on any atom is -0.444 e. The van der Waals surface area contributed by atoms with E-state index in [-0.39, 0.29) is 6.61 Å². The Morgan fingerprint density at radius 2 is 1.83 bits per heavy atom. The van der Waals surface area contributed by atoms with Crippen LogP contribution in [0.15, 0.2) is 54.7 Å². The van der Waals surface area contributed by atoms with Gasteiger partial charge < -0.3 is 20.5 Å². The summed E-state index contributed by atoms with van der Waals surface area (Å²) in [5, 5.41) is 24.8. The lowest BCUT2D eigenvalue weighted by Gasteiger charge is -2.29. The zero-order chi connectivity index (χ0) is 25.6. The molecule has 8 nitrogen and oxygen atoms in total. The van der Waals surface area contributed by atoms with E-state index < -0.39 is 17.2 Å². The molecule has 2 aromatic carbocycles.